The number of ether oxygens (including phenoxy) is 1. The van der Waals surface area contributed by atoms with Gasteiger partial charge in [-0.25, -0.2) is 0 Å². The summed E-state index contributed by atoms with van der Waals surface area (Å²) in [6.45, 7) is 2.62. The maximum absolute atomic E-state index is 10.7. The molecule has 2 aromatic rings. The van der Waals surface area contributed by atoms with Crippen LogP contribution in [0.4, 0.5) is 0 Å². The molecule has 1 aliphatic heterocycles. The van der Waals surface area contributed by atoms with Crippen molar-refractivity contribution < 1.29 is 9.84 Å². The maximum Gasteiger partial charge on any atom is 0.122 e. The Morgan fingerprint density at radius 3 is 2.95 bits per heavy atom. The minimum Gasteiger partial charge on any atom is -0.493 e. The molecule has 1 aromatic heterocycles. The number of benzene rings is 1. The molecule has 112 valence electrons. The summed E-state index contributed by atoms with van der Waals surface area (Å²) in [6, 6.07) is 7.98. The molecule has 2 heterocycles. The van der Waals surface area contributed by atoms with Gasteiger partial charge in [0.1, 0.15) is 5.75 Å². The molecule has 2 unspecified atom stereocenters. The van der Waals surface area contributed by atoms with Crippen LogP contribution in [0.3, 0.4) is 0 Å². The molecule has 1 N–H and O–H groups in total. The summed E-state index contributed by atoms with van der Waals surface area (Å²) in [6.07, 6.45) is 0.977. The number of aliphatic hydroxyl groups excluding tert-OH is 1. The molecule has 2 atom stereocenters. The monoisotopic (exact) mass is 350 g/mol. The van der Waals surface area contributed by atoms with Crippen LogP contribution < -0.4 is 4.74 Å². The van der Waals surface area contributed by atoms with Crippen molar-refractivity contribution in [3.05, 3.63) is 45.7 Å². The van der Waals surface area contributed by atoms with Crippen molar-refractivity contribution in [1.82, 2.24) is 9.78 Å². The largest absolute Gasteiger partial charge is 0.493 e. The Labute approximate surface area is 132 Å². The second-order valence-corrected chi connectivity index (χ2v) is 6.32. The van der Waals surface area contributed by atoms with E-state index in [9.17, 15) is 5.11 Å². The first-order chi connectivity index (χ1) is 10.1. The Morgan fingerprint density at radius 1 is 1.48 bits per heavy atom. The lowest BCUT2D eigenvalue weighted by molar-refractivity contribution is 0.115. The summed E-state index contributed by atoms with van der Waals surface area (Å²) in [4.78, 5) is 0. The number of aromatic nitrogens is 2. The van der Waals surface area contributed by atoms with Gasteiger partial charge in [-0.05, 0) is 40.9 Å². The van der Waals surface area contributed by atoms with Crippen LogP contribution in [0, 0.1) is 6.92 Å². The van der Waals surface area contributed by atoms with Crippen molar-refractivity contribution in [2.24, 2.45) is 7.05 Å². The molecule has 21 heavy (non-hydrogen) atoms. The van der Waals surface area contributed by atoms with Crippen molar-refractivity contribution in [3.8, 4) is 5.75 Å². The van der Waals surface area contributed by atoms with Crippen LogP contribution in [0.5, 0.6) is 5.75 Å². The fourth-order valence-electron chi connectivity index (χ4n) is 3.01. The van der Waals surface area contributed by atoms with Gasteiger partial charge in [0, 0.05) is 19.4 Å². The molecule has 0 radical (unpaired) electrons. The zero-order chi connectivity index (χ0) is 15.0. The molecule has 0 aliphatic carbocycles. The van der Waals surface area contributed by atoms with Gasteiger partial charge in [0.15, 0.2) is 0 Å². The Morgan fingerprint density at radius 2 is 2.24 bits per heavy atom. The first-order valence-electron chi connectivity index (χ1n) is 7.15. The molecule has 5 heteroatoms. The van der Waals surface area contributed by atoms with Crippen molar-refractivity contribution in [2.45, 2.75) is 31.8 Å². The molecule has 1 aromatic carbocycles. The summed E-state index contributed by atoms with van der Waals surface area (Å²) in [7, 11) is 1.91. The van der Waals surface area contributed by atoms with Crippen LogP contribution in [-0.4, -0.2) is 27.6 Å². The van der Waals surface area contributed by atoms with Gasteiger partial charge in [-0.2, -0.15) is 5.10 Å². The van der Waals surface area contributed by atoms with Gasteiger partial charge < -0.3 is 9.84 Å². The van der Waals surface area contributed by atoms with E-state index in [1.165, 1.54) is 0 Å². The third kappa shape index (κ3) is 2.72. The highest BCUT2D eigenvalue weighted by atomic mass is 79.9. The molecule has 0 amide bonds. The highest BCUT2D eigenvalue weighted by Crippen LogP contribution is 2.37. The Balaban J connectivity index is 1.85. The van der Waals surface area contributed by atoms with Crippen LogP contribution in [0.25, 0.3) is 0 Å². The minimum atomic E-state index is -0.443. The highest BCUT2D eigenvalue weighted by Gasteiger charge is 2.29. The lowest BCUT2D eigenvalue weighted by Gasteiger charge is -2.29. The Hall–Kier alpha value is -1.33. The third-order valence-electron chi connectivity index (χ3n) is 4.13. The number of halogens is 1. The van der Waals surface area contributed by atoms with E-state index >= 15 is 0 Å². The molecule has 3 rings (SSSR count). The Kier molecular flexibility index (Phi) is 4.04. The molecule has 0 spiro atoms. The van der Waals surface area contributed by atoms with Gasteiger partial charge >= 0.3 is 0 Å². The molecule has 4 nitrogen and oxygen atoms in total. The maximum atomic E-state index is 10.7. The zero-order valence-corrected chi connectivity index (χ0v) is 13.8. The van der Waals surface area contributed by atoms with E-state index in [1.807, 2.05) is 42.9 Å². The normalized spacial score (nSPS) is 19.0. The number of nitrogens with zero attached hydrogens (tertiary/aromatic N) is 2. The Bertz CT molecular complexity index is 654. The van der Waals surface area contributed by atoms with Crippen LogP contribution in [0.1, 0.15) is 29.3 Å². The van der Waals surface area contributed by atoms with Gasteiger partial charge in [-0.1, -0.05) is 18.2 Å². The molecule has 0 saturated heterocycles. The second kappa shape index (κ2) is 5.81. The standard InChI is InChI=1S/C16H19BrN2O2/c1-10-16(17)13(19(2)18-10)9-14(20)11-7-8-21-15-6-4-3-5-12(11)15/h3-6,11,14,20H,7-9H2,1-2H3. The molecule has 1 aliphatic rings. The molecular weight excluding hydrogens is 332 g/mol. The summed E-state index contributed by atoms with van der Waals surface area (Å²) >= 11 is 3.57. The van der Waals surface area contributed by atoms with Gasteiger partial charge in [-0.15, -0.1) is 0 Å². The van der Waals surface area contributed by atoms with E-state index in [4.69, 9.17) is 4.74 Å². The van der Waals surface area contributed by atoms with E-state index in [0.29, 0.717) is 13.0 Å². The zero-order valence-electron chi connectivity index (χ0n) is 12.2. The van der Waals surface area contributed by atoms with Crippen LogP contribution in [0.2, 0.25) is 0 Å². The molecule has 0 bridgehead atoms. The van der Waals surface area contributed by atoms with E-state index in [2.05, 4.69) is 21.0 Å². The number of hydrogen-bond acceptors (Lipinski definition) is 3. The molecule has 0 saturated carbocycles. The van der Waals surface area contributed by atoms with Gasteiger partial charge in [0.2, 0.25) is 0 Å². The average Bonchev–Trinajstić information content (AvgIpc) is 2.73. The number of fused-ring (bicyclic) bond motifs is 1. The van der Waals surface area contributed by atoms with Crippen LogP contribution in [0.15, 0.2) is 28.7 Å². The summed E-state index contributed by atoms with van der Waals surface area (Å²) in [5.74, 6) is 1.00. The quantitative estimate of drug-likeness (QED) is 0.925. The average molecular weight is 351 g/mol. The number of aliphatic hydroxyl groups is 1. The number of rotatable bonds is 3. The second-order valence-electron chi connectivity index (χ2n) is 5.52. The summed E-state index contributed by atoms with van der Waals surface area (Å²) < 4.78 is 8.50. The van der Waals surface area contributed by atoms with E-state index < -0.39 is 6.10 Å². The fourth-order valence-corrected chi connectivity index (χ4v) is 3.51. The van der Waals surface area contributed by atoms with Crippen molar-refractivity contribution in [3.63, 3.8) is 0 Å². The van der Waals surface area contributed by atoms with Gasteiger partial charge in [-0.3, -0.25) is 4.68 Å². The van der Waals surface area contributed by atoms with E-state index in [-0.39, 0.29) is 5.92 Å². The topological polar surface area (TPSA) is 47.3 Å². The predicted octanol–water partition coefficient (Wildman–Crippen LogP) is 2.96. The molecular formula is C16H19BrN2O2. The van der Waals surface area contributed by atoms with Gasteiger partial charge in [0.25, 0.3) is 0 Å². The van der Waals surface area contributed by atoms with Crippen LogP contribution in [-0.2, 0) is 13.5 Å². The van der Waals surface area contributed by atoms with Crippen molar-refractivity contribution >= 4 is 15.9 Å². The van der Waals surface area contributed by atoms with Crippen molar-refractivity contribution in [1.29, 1.82) is 0 Å². The SMILES string of the molecule is Cc1nn(C)c(CC(O)C2CCOc3ccccc32)c1Br. The lowest BCUT2D eigenvalue weighted by atomic mass is 9.86. The fraction of sp³-hybridized carbons (Fsp3) is 0.438. The highest BCUT2D eigenvalue weighted by molar-refractivity contribution is 9.10. The third-order valence-corrected chi connectivity index (χ3v) is 5.17. The summed E-state index contributed by atoms with van der Waals surface area (Å²) in [5.41, 5.74) is 3.09. The van der Waals surface area contributed by atoms with E-state index in [1.54, 1.807) is 0 Å². The first-order valence-corrected chi connectivity index (χ1v) is 7.95. The van der Waals surface area contributed by atoms with Crippen LogP contribution >= 0.6 is 15.9 Å². The smallest absolute Gasteiger partial charge is 0.122 e. The van der Waals surface area contributed by atoms with E-state index in [0.717, 1.165) is 33.6 Å². The minimum absolute atomic E-state index is 0.108. The number of hydrogen-bond donors (Lipinski definition) is 1. The molecule has 0 fully saturated rings. The van der Waals surface area contributed by atoms with Crippen molar-refractivity contribution in [2.75, 3.05) is 6.61 Å². The predicted molar refractivity (Wildman–Crippen MR) is 84.7 cm³/mol. The summed E-state index contributed by atoms with van der Waals surface area (Å²) in [5, 5.41) is 15.1. The van der Waals surface area contributed by atoms with Gasteiger partial charge in [0.05, 0.1) is 28.6 Å². The number of aryl methyl sites for hydroxylation is 2. The lowest BCUT2D eigenvalue weighted by Crippen LogP contribution is -2.27. The first kappa shape index (κ1) is 14.6. The number of para-hydroxylation sites is 1.